The van der Waals surface area contributed by atoms with Gasteiger partial charge < -0.3 is 10.1 Å². The van der Waals surface area contributed by atoms with Gasteiger partial charge in [-0.15, -0.1) is 11.8 Å². The van der Waals surface area contributed by atoms with Crippen LogP contribution in [0, 0.1) is 0 Å². The number of ether oxygens (including phenoxy) is 1. The molecule has 1 N–H and O–H groups in total. The molecule has 0 saturated carbocycles. The van der Waals surface area contributed by atoms with Crippen LogP contribution in [0.1, 0.15) is 27.5 Å². The minimum absolute atomic E-state index is 0.203. The Hall–Kier alpha value is -3.05. The predicted octanol–water partition coefficient (Wildman–Crippen LogP) is 4.67. The predicted molar refractivity (Wildman–Crippen MR) is 116 cm³/mol. The number of rotatable bonds is 8. The molecule has 0 aliphatic rings. The maximum Gasteiger partial charge on any atom is 0.338 e. The first-order valence-corrected chi connectivity index (χ1v) is 10.6. The standard InChI is InChI=1S/C24H23NO3S/c1-29-21-14-12-20(13-15-21)24(27)28-17-23(26)25-22(19-10-6-3-7-11-19)16-18-8-4-2-5-9-18/h2-15,22H,16-17H2,1H3,(H,25,26). The zero-order valence-electron chi connectivity index (χ0n) is 16.2. The zero-order chi connectivity index (χ0) is 20.5. The second-order valence-electron chi connectivity index (χ2n) is 6.53. The Bertz CT molecular complexity index is 927. The number of esters is 1. The van der Waals surface area contributed by atoms with E-state index in [0.29, 0.717) is 12.0 Å². The summed E-state index contributed by atoms with van der Waals surface area (Å²) in [4.78, 5) is 25.7. The smallest absolute Gasteiger partial charge is 0.338 e. The highest BCUT2D eigenvalue weighted by atomic mass is 32.2. The molecule has 3 aromatic carbocycles. The fourth-order valence-corrected chi connectivity index (χ4v) is 3.37. The number of benzene rings is 3. The monoisotopic (exact) mass is 405 g/mol. The quantitative estimate of drug-likeness (QED) is 0.437. The van der Waals surface area contributed by atoms with E-state index in [4.69, 9.17) is 4.74 Å². The van der Waals surface area contributed by atoms with E-state index in [1.807, 2.05) is 79.1 Å². The van der Waals surface area contributed by atoms with Gasteiger partial charge in [0.05, 0.1) is 11.6 Å². The van der Waals surface area contributed by atoms with Crippen molar-refractivity contribution in [3.63, 3.8) is 0 Å². The molecule has 0 aromatic heterocycles. The van der Waals surface area contributed by atoms with Crippen molar-refractivity contribution in [2.45, 2.75) is 17.4 Å². The molecule has 148 valence electrons. The van der Waals surface area contributed by atoms with Crippen molar-refractivity contribution in [2.75, 3.05) is 12.9 Å². The van der Waals surface area contributed by atoms with Crippen molar-refractivity contribution in [1.29, 1.82) is 0 Å². The topological polar surface area (TPSA) is 55.4 Å². The Morgan fingerprint density at radius 1 is 0.897 bits per heavy atom. The Morgan fingerprint density at radius 2 is 1.52 bits per heavy atom. The van der Waals surface area contributed by atoms with Crippen LogP contribution in [0.3, 0.4) is 0 Å². The molecule has 0 saturated heterocycles. The maximum atomic E-state index is 12.5. The molecular formula is C24H23NO3S. The fraction of sp³-hybridized carbons (Fsp3) is 0.167. The number of amides is 1. The van der Waals surface area contributed by atoms with Crippen LogP contribution >= 0.6 is 11.8 Å². The molecule has 0 fully saturated rings. The first-order valence-electron chi connectivity index (χ1n) is 9.35. The molecule has 0 spiro atoms. The van der Waals surface area contributed by atoms with Gasteiger partial charge in [-0.3, -0.25) is 4.79 Å². The lowest BCUT2D eigenvalue weighted by atomic mass is 9.99. The first kappa shape index (κ1) is 20.7. The summed E-state index contributed by atoms with van der Waals surface area (Å²) in [6.07, 6.45) is 2.62. The van der Waals surface area contributed by atoms with E-state index in [0.717, 1.165) is 16.0 Å². The van der Waals surface area contributed by atoms with Crippen LogP contribution in [0.25, 0.3) is 0 Å². The number of thioether (sulfide) groups is 1. The summed E-state index contributed by atoms with van der Waals surface area (Å²) in [6, 6.07) is 26.7. The normalized spacial score (nSPS) is 11.5. The second-order valence-corrected chi connectivity index (χ2v) is 7.40. The molecule has 0 bridgehead atoms. The molecule has 1 unspecified atom stereocenters. The molecule has 0 aliphatic carbocycles. The van der Waals surface area contributed by atoms with Gasteiger partial charge in [0.2, 0.25) is 0 Å². The summed E-state index contributed by atoms with van der Waals surface area (Å²) in [7, 11) is 0. The van der Waals surface area contributed by atoms with E-state index in [2.05, 4.69) is 5.32 Å². The number of hydrogen-bond acceptors (Lipinski definition) is 4. The molecular weight excluding hydrogens is 382 g/mol. The van der Waals surface area contributed by atoms with E-state index >= 15 is 0 Å². The van der Waals surface area contributed by atoms with Crippen LogP contribution in [0.5, 0.6) is 0 Å². The highest BCUT2D eigenvalue weighted by Crippen LogP contribution is 2.19. The maximum absolute atomic E-state index is 12.5. The Labute approximate surface area is 175 Å². The number of nitrogens with one attached hydrogen (secondary N) is 1. The van der Waals surface area contributed by atoms with Crippen molar-refractivity contribution < 1.29 is 14.3 Å². The lowest BCUT2D eigenvalue weighted by molar-refractivity contribution is -0.125. The van der Waals surface area contributed by atoms with Gasteiger partial charge >= 0.3 is 5.97 Å². The molecule has 1 amide bonds. The lowest BCUT2D eigenvalue weighted by Crippen LogP contribution is -2.33. The lowest BCUT2D eigenvalue weighted by Gasteiger charge is -2.19. The van der Waals surface area contributed by atoms with Crippen molar-refractivity contribution in [2.24, 2.45) is 0 Å². The summed E-state index contributed by atoms with van der Waals surface area (Å²) in [5.41, 5.74) is 2.55. The third kappa shape index (κ3) is 6.22. The Morgan fingerprint density at radius 3 is 2.14 bits per heavy atom. The number of carbonyl (C=O) groups excluding carboxylic acids is 2. The molecule has 4 nitrogen and oxygen atoms in total. The molecule has 1 atom stereocenters. The van der Waals surface area contributed by atoms with E-state index < -0.39 is 5.97 Å². The molecule has 3 rings (SSSR count). The number of hydrogen-bond donors (Lipinski definition) is 1. The summed E-state index contributed by atoms with van der Waals surface area (Å²) in [5.74, 6) is -0.837. The largest absolute Gasteiger partial charge is 0.452 e. The van der Waals surface area contributed by atoms with E-state index in [1.165, 1.54) is 0 Å². The summed E-state index contributed by atoms with van der Waals surface area (Å²) in [6.45, 7) is -0.318. The van der Waals surface area contributed by atoms with Gasteiger partial charge in [0, 0.05) is 4.90 Å². The van der Waals surface area contributed by atoms with Crippen molar-refractivity contribution in [3.05, 3.63) is 102 Å². The van der Waals surface area contributed by atoms with Gasteiger partial charge in [0.15, 0.2) is 6.61 Å². The second kappa shape index (κ2) is 10.5. The Kier molecular flexibility index (Phi) is 7.47. The van der Waals surface area contributed by atoms with Crippen LogP contribution in [0.15, 0.2) is 89.8 Å². The van der Waals surface area contributed by atoms with E-state index in [9.17, 15) is 9.59 Å². The van der Waals surface area contributed by atoms with Crippen molar-refractivity contribution in [3.8, 4) is 0 Å². The average Bonchev–Trinajstić information content (AvgIpc) is 2.78. The minimum Gasteiger partial charge on any atom is -0.452 e. The van der Waals surface area contributed by atoms with Gasteiger partial charge in [0.25, 0.3) is 5.91 Å². The minimum atomic E-state index is -0.507. The molecule has 29 heavy (non-hydrogen) atoms. The average molecular weight is 406 g/mol. The first-order chi connectivity index (χ1) is 14.2. The van der Waals surface area contributed by atoms with Crippen molar-refractivity contribution in [1.82, 2.24) is 5.32 Å². The molecule has 3 aromatic rings. The van der Waals surface area contributed by atoms with Gasteiger partial charge in [-0.05, 0) is 48.1 Å². The van der Waals surface area contributed by atoms with Gasteiger partial charge in [-0.1, -0.05) is 60.7 Å². The highest BCUT2D eigenvalue weighted by molar-refractivity contribution is 7.98. The van der Waals surface area contributed by atoms with Crippen molar-refractivity contribution >= 4 is 23.6 Å². The van der Waals surface area contributed by atoms with Gasteiger partial charge in [-0.2, -0.15) is 0 Å². The SMILES string of the molecule is CSc1ccc(C(=O)OCC(=O)NC(Cc2ccccc2)c2ccccc2)cc1. The summed E-state index contributed by atoms with van der Waals surface area (Å²) < 4.78 is 5.19. The van der Waals surface area contributed by atoms with Crippen LogP contribution in [-0.2, 0) is 16.0 Å². The van der Waals surface area contributed by atoms with Gasteiger partial charge in [-0.25, -0.2) is 4.79 Å². The van der Waals surface area contributed by atoms with E-state index in [-0.39, 0.29) is 18.6 Å². The third-order valence-electron chi connectivity index (χ3n) is 4.48. The molecule has 0 heterocycles. The highest BCUT2D eigenvalue weighted by Gasteiger charge is 2.17. The fourth-order valence-electron chi connectivity index (χ4n) is 2.96. The van der Waals surface area contributed by atoms with Gasteiger partial charge in [0.1, 0.15) is 0 Å². The van der Waals surface area contributed by atoms with Crippen LogP contribution in [0.2, 0.25) is 0 Å². The Balaban J connectivity index is 1.61. The summed E-state index contributed by atoms with van der Waals surface area (Å²) >= 11 is 1.60. The van der Waals surface area contributed by atoms with E-state index in [1.54, 1.807) is 23.9 Å². The number of carbonyl (C=O) groups is 2. The van der Waals surface area contributed by atoms with Crippen LogP contribution in [0.4, 0.5) is 0 Å². The summed E-state index contributed by atoms with van der Waals surface area (Å²) in [5, 5.41) is 2.99. The van der Waals surface area contributed by atoms with Crippen LogP contribution in [-0.4, -0.2) is 24.7 Å². The molecule has 5 heteroatoms. The van der Waals surface area contributed by atoms with Crippen LogP contribution < -0.4 is 5.32 Å². The third-order valence-corrected chi connectivity index (χ3v) is 5.22. The molecule has 0 radical (unpaired) electrons. The molecule has 0 aliphatic heterocycles. The zero-order valence-corrected chi connectivity index (χ0v) is 17.0.